The fourth-order valence-electron chi connectivity index (χ4n) is 3.54. The van der Waals surface area contributed by atoms with E-state index in [0.29, 0.717) is 33.3 Å². The molecule has 2 aromatic carbocycles. The normalized spacial score (nSPS) is 15.2. The molecule has 1 aliphatic heterocycles. The summed E-state index contributed by atoms with van der Waals surface area (Å²) in [7, 11) is 0. The van der Waals surface area contributed by atoms with Crippen LogP contribution in [-0.4, -0.2) is 31.0 Å². The second kappa shape index (κ2) is 7.93. The molecule has 0 aliphatic carbocycles. The number of amides is 1. The van der Waals surface area contributed by atoms with Crippen molar-refractivity contribution in [3.8, 4) is 5.69 Å². The summed E-state index contributed by atoms with van der Waals surface area (Å²) in [4.78, 5) is 30.4. The highest BCUT2D eigenvalue weighted by Gasteiger charge is 2.29. The highest BCUT2D eigenvalue weighted by Crippen LogP contribution is 2.33. The van der Waals surface area contributed by atoms with Crippen molar-refractivity contribution in [1.29, 1.82) is 0 Å². The Bertz CT molecular complexity index is 1370. The number of fused-ring (bicyclic) bond motifs is 2. The van der Waals surface area contributed by atoms with E-state index in [2.05, 4.69) is 31.3 Å². The maximum atomic E-state index is 13.3. The highest BCUT2D eigenvalue weighted by molar-refractivity contribution is 9.10. The lowest BCUT2D eigenvalue weighted by Gasteiger charge is -2.13. The van der Waals surface area contributed by atoms with Gasteiger partial charge in [0.05, 0.1) is 17.9 Å². The van der Waals surface area contributed by atoms with Crippen LogP contribution in [0.2, 0.25) is 0 Å². The Balaban J connectivity index is 1.44. The quantitative estimate of drug-likeness (QED) is 0.426. The number of benzene rings is 2. The first kappa shape index (κ1) is 20.0. The first-order chi connectivity index (χ1) is 15.0. The van der Waals surface area contributed by atoms with Crippen LogP contribution in [0.5, 0.6) is 0 Å². The number of aromatic nitrogens is 4. The van der Waals surface area contributed by atoms with Crippen molar-refractivity contribution in [3.63, 3.8) is 0 Å². The number of thioether (sulfide) groups is 1. The van der Waals surface area contributed by atoms with E-state index in [-0.39, 0.29) is 29.7 Å². The highest BCUT2D eigenvalue weighted by atomic mass is 79.9. The lowest BCUT2D eigenvalue weighted by Crippen LogP contribution is -2.27. The van der Waals surface area contributed by atoms with Gasteiger partial charge in [-0.15, -0.1) is 0 Å². The second-order valence-corrected chi connectivity index (χ2v) is 8.97. The lowest BCUT2D eigenvalue weighted by molar-refractivity contribution is -0.116. The molecule has 0 radical (unpaired) electrons. The van der Waals surface area contributed by atoms with Gasteiger partial charge in [0.25, 0.3) is 5.56 Å². The topological polar surface area (TPSA) is 81.8 Å². The maximum Gasteiger partial charge on any atom is 0.265 e. The third kappa shape index (κ3) is 3.77. The molecule has 1 amide bonds. The number of anilines is 1. The number of hydrogen-bond acceptors (Lipinski definition) is 5. The standard InChI is InChI=1S/C21H15BrFN5O2S/c22-12-2-1-3-14(8-12)25-18(29)9-16-11-31-21-26-19-17(20(30)27(16)21)10-24-28(19)15-6-4-13(23)5-7-15/h1-8,10,16H,9,11H2,(H,25,29). The molecular formula is C21H15BrFN5O2S. The molecule has 31 heavy (non-hydrogen) atoms. The predicted octanol–water partition coefficient (Wildman–Crippen LogP) is 4.16. The van der Waals surface area contributed by atoms with Crippen LogP contribution >= 0.6 is 27.7 Å². The molecule has 0 bridgehead atoms. The zero-order chi connectivity index (χ0) is 21.5. The number of rotatable bonds is 4. The molecule has 0 saturated carbocycles. The molecule has 2 aromatic heterocycles. The fourth-order valence-corrected chi connectivity index (χ4v) is 5.07. The molecule has 1 aliphatic rings. The number of halogens is 2. The van der Waals surface area contributed by atoms with Crippen LogP contribution in [0, 0.1) is 5.82 Å². The SMILES string of the molecule is O=C(CC1CSc2nc3c(cnn3-c3ccc(F)cc3)c(=O)n21)Nc1cccc(Br)c1. The zero-order valence-electron chi connectivity index (χ0n) is 16.0. The smallest absolute Gasteiger partial charge is 0.265 e. The van der Waals surface area contributed by atoms with Crippen LogP contribution in [0.3, 0.4) is 0 Å². The average Bonchev–Trinajstić information content (AvgIpc) is 3.34. The van der Waals surface area contributed by atoms with Gasteiger partial charge in [-0.25, -0.2) is 14.1 Å². The average molecular weight is 500 g/mol. The van der Waals surface area contributed by atoms with E-state index >= 15 is 0 Å². The first-order valence-electron chi connectivity index (χ1n) is 9.44. The molecule has 1 N–H and O–H groups in total. The third-order valence-corrected chi connectivity index (χ3v) is 6.56. The van der Waals surface area contributed by atoms with Crippen LogP contribution < -0.4 is 10.9 Å². The molecule has 156 valence electrons. The molecule has 3 heterocycles. The lowest BCUT2D eigenvalue weighted by atomic mass is 10.2. The maximum absolute atomic E-state index is 13.3. The second-order valence-electron chi connectivity index (χ2n) is 7.07. The van der Waals surface area contributed by atoms with Gasteiger partial charge in [0.15, 0.2) is 10.8 Å². The van der Waals surface area contributed by atoms with Crippen molar-refractivity contribution >= 4 is 50.3 Å². The first-order valence-corrected chi connectivity index (χ1v) is 11.2. The molecule has 5 rings (SSSR count). The van der Waals surface area contributed by atoms with E-state index in [4.69, 9.17) is 0 Å². The summed E-state index contributed by atoms with van der Waals surface area (Å²) in [5.74, 6) is 0.0456. The van der Waals surface area contributed by atoms with Gasteiger partial charge in [0.1, 0.15) is 11.2 Å². The van der Waals surface area contributed by atoms with Crippen LogP contribution in [-0.2, 0) is 4.79 Å². The van der Waals surface area contributed by atoms with Crippen molar-refractivity contribution in [2.75, 3.05) is 11.1 Å². The predicted molar refractivity (Wildman–Crippen MR) is 120 cm³/mol. The van der Waals surface area contributed by atoms with E-state index in [0.717, 1.165) is 4.47 Å². The van der Waals surface area contributed by atoms with Crippen LogP contribution in [0.1, 0.15) is 12.5 Å². The molecular weight excluding hydrogens is 485 g/mol. The van der Waals surface area contributed by atoms with Gasteiger partial charge in [-0.05, 0) is 42.5 Å². The van der Waals surface area contributed by atoms with Gasteiger partial charge in [-0.1, -0.05) is 33.8 Å². The largest absolute Gasteiger partial charge is 0.326 e. The number of carbonyl (C=O) groups is 1. The van der Waals surface area contributed by atoms with Crippen molar-refractivity contribution < 1.29 is 9.18 Å². The Labute approximate surface area is 188 Å². The minimum Gasteiger partial charge on any atom is -0.326 e. The van der Waals surface area contributed by atoms with Crippen LogP contribution in [0.25, 0.3) is 16.7 Å². The number of carbonyl (C=O) groups excluding carboxylic acids is 1. The third-order valence-electron chi connectivity index (χ3n) is 4.97. The summed E-state index contributed by atoms with van der Waals surface area (Å²) in [6, 6.07) is 12.9. The summed E-state index contributed by atoms with van der Waals surface area (Å²) in [6.07, 6.45) is 1.62. The molecule has 1 atom stereocenters. The van der Waals surface area contributed by atoms with Gasteiger partial charge < -0.3 is 5.32 Å². The van der Waals surface area contributed by atoms with Crippen LogP contribution in [0.4, 0.5) is 10.1 Å². The van der Waals surface area contributed by atoms with Crippen LogP contribution in [0.15, 0.2) is 69.2 Å². The Hall–Kier alpha value is -2.98. The molecule has 10 heteroatoms. The minimum absolute atomic E-state index is 0.158. The number of nitrogens with zero attached hydrogens (tertiary/aromatic N) is 4. The van der Waals surface area contributed by atoms with Crippen molar-refractivity contribution in [3.05, 3.63) is 75.4 Å². The van der Waals surface area contributed by atoms with Crippen molar-refractivity contribution in [2.45, 2.75) is 17.6 Å². The summed E-state index contributed by atoms with van der Waals surface area (Å²) in [6.45, 7) is 0. The molecule has 0 saturated heterocycles. The Kier molecular flexibility index (Phi) is 5.11. The summed E-state index contributed by atoms with van der Waals surface area (Å²) >= 11 is 4.81. The molecule has 4 aromatic rings. The number of nitrogens with one attached hydrogen (secondary N) is 1. The summed E-state index contributed by atoms with van der Waals surface area (Å²) in [5, 5.41) is 8.04. The summed E-state index contributed by atoms with van der Waals surface area (Å²) < 4.78 is 17.2. The number of hydrogen-bond donors (Lipinski definition) is 1. The van der Waals surface area contributed by atoms with E-state index in [9.17, 15) is 14.0 Å². The molecule has 0 spiro atoms. The molecule has 7 nitrogen and oxygen atoms in total. The van der Waals surface area contributed by atoms with E-state index in [1.807, 2.05) is 18.2 Å². The van der Waals surface area contributed by atoms with Gasteiger partial charge >= 0.3 is 0 Å². The van der Waals surface area contributed by atoms with Crippen molar-refractivity contribution in [2.24, 2.45) is 0 Å². The van der Waals surface area contributed by atoms with Gasteiger partial charge in [-0.2, -0.15) is 5.10 Å². The van der Waals surface area contributed by atoms with Gasteiger partial charge in [0, 0.05) is 22.3 Å². The van der Waals surface area contributed by atoms with Gasteiger partial charge in [-0.3, -0.25) is 14.2 Å². The Morgan fingerprint density at radius 3 is 2.84 bits per heavy atom. The van der Waals surface area contributed by atoms with E-state index in [1.165, 1.54) is 34.8 Å². The Morgan fingerprint density at radius 2 is 2.06 bits per heavy atom. The summed E-state index contributed by atoms with van der Waals surface area (Å²) in [5.41, 5.74) is 1.47. The van der Waals surface area contributed by atoms with Gasteiger partial charge in [0.2, 0.25) is 5.91 Å². The molecule has 0 fully saturated rings. The monoisotopic (exact) mass is 499 g/mol. The fraction of sp³-hybridized carbons (Fsp3) is 0.143. The van der Waals surface area contributed by atoms with E-state index < -0.39 is 0 Å². The van der Waals surface area contributed by atoms with E-state index in [1.54, 1.807) is 22.8 Å². The van der Waals surface area contributed by atoms with Crippen molar-refractivity contribution in [1.82, 2.24) is 19.3 Å². The zero-order valence-corrected chi connectivity index (χ0v) is 18.4. The molecule has 1 unspecified atom stereocenters. The Morgan fingerprint density at radius 1 is 1.26 bits per heavy atom. The minimum atomic E-state index is -0.353.